The Labute approximate surface area is 106 Å². The van der Waals surface area contributed by atoms with E-state index in [-0.39, 0.29) is 6.61 Å². The van der Waals surface area contributed by atoms with Crippen molar-refractivity contribution < 1.29 is 5.11 Å². The number of hydrogen-bond acceptors (Lipinski definition) is 2. The molecule has 0 N–H and O–H groups in total. The Hall–Kier alpha value is -0.120. The lowest BCUT2D eigenvalue weighted by atomic mass is 9.94. The van der Waals surface area contributed by atoms with Crippen LogP contribution in [0.1, 0.15) is 38.5 Å². The van der Waals surface area contributed by atoms with Crippen molar-refractivity contribution in [1.82, 2.24) is 9.80 Å². The van der Waals surface area contributed by atoms with Crippen molar-refractivity contribution in [2.24, 2.45) is 5.92 Å². The minimum Gasteiger partial charge on any atom is -0.302 e. The predicted octanol–water partition coefficient (Wildman–Crippen LogP) is 2.00. The molecule has 0 aromatic rings. The molecule has 0 atom stereocenters. The number of likely N-dealkylation sites (tertiary alicyclic amines) is 2. The average molecular weight is 239 g/mol. The Balaban J connectivity index is 1.57. The van der Waals surface area contributed by atoms with Gasteiger partial charge in [0.15, 0.2) is 0 Å². The predicted molar refractivity (Wildman–Crippen MR) is 69.6 cm³/mol. The number of nitrogens with zero attached hydrogens (tertiary/aromatic N) is 2. The molecular formula is C14H27N2O. The largest absolute Gasteiger partial charge is 0.302 e. The molecule has 0 aliphatic carbocycles. The van der Waals surface area contributed by atoms with Gasteiger partial charge in [0.05, 0.1) is 6.61 Å². The van der Waals surface area contributed by atoms with Gasteiger partial charge in [-0.25, -0.2) is 5.11 Å². The molecule has 2 aliphatic heterocycles. The lowest BCUT2D eigenvalue weighted by Crippen LogP contribution is -2.41. The van der Waals surface area contributed by atoms with Crippen molar-refractivity contribution in [1.29, 1.82) is 0 Å². The Kier molecular flexibility index (Phi) is 5.75. The van der Waals surface area contributed by atoms with Crippen LogP contribution in [0.25, 0.3) is 0 Å². The maximum Gasteiger partial charge on any atom is 0.0825 e. The monoisotopic (exact) mass is 239 g/mol. The van der Waals surface area contributed by atoms with Crippen LogP contribution in [0, 0.1) is 5.92 Å². The van der Waals surface area contributed by atoms with Crippen molar-refractivity contribution in [3.05, 3.63) is 0 Å². The molecule has 17 heavy (non-hydrogen) atoms. The second-order valence-electron chi connectivity index (χ2n) is 5.68. The van der Waals surface area contributed by atoms with E-state index < -0.39 is 0 Å². The van der Waals surface area contributed by atoms with Gasteiger partial charge in [0.2, 0.25) is 0 Å². The first-order valence-corrected chi connectivity index (χ1v) is 7.41. The topological polar surface area (TPSA) is 26.4 Å². The Morgan fingerprint density at radius 2 is 1.41 bits per heavy atom. The van der Waals surface area contributed by atoms with E-state index in [9.17, 15) is 5.11 Å². The average Bonchev–Trinajstić information content (AvgIpc) is 2.40. The molecule has 2 saturated heterocycles. The van der Waals surface area contributed by atoms with Crippen LogP contribution in [-0.2, 0) is 5.11 Å². The first-order valence-electron chi connectivity index (χ1n) is 7.41. The molecule has 0 aromatic carbocycles. The summed E-state index contributed by atoms with van der Waals surface area (Å²) in [4.78, 5) is 5.21. The summed E-state index contributed by atoms with van der Waals surface area (Å²) < 4.78 is 0. The second-order valence-corrected chi connectivity index (χ2v) is 5.68. The van der Waals surface area contributed by atoms with Gasteiger partial charge in [0.1, 0.15) is 0 Å². The van der Waals surface area contributed by atoms with Crippen LogP contribution in [0.2, 0.25) is 0 Å². The Morgan fingerprint density at radius 1 is 0.824 bits per heavy atom. The van der Waals surface area contributed by atoms with Gasteiger partial charge < -0.3 is 9.80 Å². The number of piperidine rings is 2. The minimum absolute atomic E-state index is 0.123. The molecule has 2 heterocycles. The maximum atomic E-state index is 10.6. The molecule has 0 amide bonds. The van der Waals surface area contributed by atoms with Gasteiger partial charge in [0.25, 0.3) is 0 Å². The molecule has 2 fully saturated rings. The van der Waals surface area contributed by atoms with E-state index in [2.05, 4.69) is 9.80 Å². The zero-order valence-electron chi connectivity index (χ0n) is 11.1. The first kappa shape index (κ1) is 13.3. The molecule has 3 heteroatoms. The normalized spacial score (nSPS) is 25.2. The zero-order valence-corrected chi connectivity index (χ0v) is 11.1. The summed E-state index contributed by atoms with van der Waals surface area (Å²) in [5, 5.41) is 10.6. The summed E-state index contributed by atoms with van der Waals surface area (Å²) >= 11 is 0. The van der Waals surface area contributed by atoms with Crippen LogP contribution in [0.5, 0.6) is 0 Å². The van der Waals surface area contributed by atoms with Gasteiger partial charge >= 0.3 is 0 Å². The van der Waals surface area contributed by atoms with Crippen molar-refractivity contribution in [2.45, 2.75) is 38.5 Å². The van der Waals surface area contributed by atoms with Crippen molar-refractivity contribution in [2.75, 3.05) is 45.9 Å². The van der Waals surface area contributed by atoms with E-state index in [0.29, 0.717) is 0 Å². The van der Waals surface area contributed by atoms with Crippen molar-refractivity contribution in [3.8, 4) is 0 Å². The third-order valence-corrected chi connectivity index (χ3v) is 4.41. The Bertz CT molecular complexity index is 196. The van der Waals surface area contributed by atoms with Crippen molar-refractivity contribution in [3.63, 3.8) is 0 Å². The molecule has 0 bridgehead atoms. The maximum absolute atomic E-state index is 10.6. The molecule has 1 radical (unpaired) electrons. The van der Waals surface area contributed by atoms with E-state index >= 15 is 0 Å². The minimum atomic E-state index is 0.123. The van der Waals surface area contributed by atoms with Gasteiger partial charge in [-0.3, -0.25) is 0 Å². The van der Waals surface area contributed by atoms with Gasteiger partial charge in [-0.2, -0.15) is 0 Å². The summed E-state index contributed by atoms with van der Waals surface area (Å²) in [6, 6.07) is 0. The van der Waals surface area contributed by atoms with E-state index in [1.807, 2.05) is 0 Å². The standard InChI is InChI=1S/C14H27N2O/c17-13-6-14-4-9-16(10-5-14)12-11-15-7-2-1-3-8-15/h14H,1-13H2. The third-order valence-electron chi connectivity index (χ3n) is 4.41. The van der Waals surface area contributed by atoms with Crippen LogP contribution >= 0.6 is 0 Å². The SMILES string of the molecule is [O]CCC1CCN(CCN2CCCCC2)CC1. The summed E-state index contributed by atoms with van der Waals surface area (Å²) in [5.74, 6) is 0.721. The van der Waals surface area contributed by atoms with Gasteiger partial charge in [-0.15, -0.1) is 0 Å². The quantitative estimate of drug-likeness (QED) is 0.733. The summed E-state index contributed by atoms with van der Waals surface area (Å²) in [7, 11) is 0. The van der Waals surface area contributed by atoms with E-state index in [1.54, 1.807) is 0 Å². The fourth-order valence-electron chi connectivity index (χ4n) is 3.13. The van der Waals surface area contributed by atoms with Crippen LogP contribution in [0.15, 0.2) is 0 Å². The highest BCUT2D eigenvalue weighted by molar-refractivity contribution is 4.74. The second kappa shape index (κ2) is 7.34. The lowest BCUT2D eigenvalue weighted by molar-refractivity contribution is 0.118. The van der Waals surface area contributed by atoms with Gasteiger partial charge in [-0.05, 0) is 64.2 Å². The molecule has 2 rings (SSSR count). The van der Waals surface area contributed by atoms with Gasteiger partial charge in [-0.1, -0.05) is 6.42 Å². The van der Waals surface area contributed by atoms with E-state index in [0.717, 1.165) is 12.3 Å². The molecule has 2 aliphatic rings. The van der Waals surface area contributed by atoms with Crippen LogP contribution < -0.4 is 0 Å². The van der Waals surface area contributed by atoms with E-state index in [4.69, 9.17) is 0 Å². The van der Waals surface area contributed by atoms with Gasteiger partial charge in [0, 0.05) is 13.1 Å². The highest BCUT2D eigenvalue weighted by Crippen LogP contribution is 2.20. The molecule has 0 saturated carbocycles. The van der Waals surface area contributed by atoms with Crippen LogP contribution in [0.3, 0.4) is 0 Å². The molecule has 0 unspecified atom stereocenters. The Morgan fingerprint density at radius 3 is 2.00 bits per heavy atom. The third kappa shape index (κ3) is 4.57. The highest BCUT2D eigenvalue weighted by atomic mass is 16.3. The smallest absolute Gasteiger partial charge is 0.0825 e. The van der Waals surface area contributed by atoms with Crippen molar-refractivity contribution >= 4 is 0 Å². The molecule has 3 nitrogen and oxygen atoms in total. The van der Waals surface area contributed by atoms with E-state index in [1.165, 1.54) is 71.4 Å². The number of hydrogen-bond donors (Lipinski definition) is 0. The fourth-order valence-corrected chi connectivity index (χ4v) is 3.13. The first-order chi connectivity index (χ1) is 8.38. The molecule has 99 valence electrons. The summed E-state index contributed by atoms with van der Waals surface area (Å²) in [6.45, 7) is 7.69. The highest BCUT2D eigenvalue weighted by Gasteiger charge is 2.19. The zero-order chi connectivity index (χ0) is 11.9. The van der Waals surface area contributed by atoms with Crippen LogP contribution in [-0.4, -0.2) is 55.7 Å². The molecular weight excluding hydrogens is 212 g/mol. The van der Waals surface area contributed by atoms with Crippen LogP contribution in [0.4, 0.5) is 0 Å². The molecule has 0 aromatic heterocycles. The molecule has 0 spiro atoms. The fraction of sp³-hybridized carbons (Fsp3) is 1.00. The lowest BCUT2D eigenvalue weighted by Gasteiger charge is -2.34. The number of rotatable bonds is 5. The summed E-state index contributed by atoms with van der Waals surface area (Å²) in [6.07, 6.45) is 7.62. The summed E-state index contributed by atoms with van der Waals surface area (Å²) in [5.41, 5.74) is 0.